The maximum Gasteiger partial charge on any atom is 0.132 e. The Bertz CT molecular complexity index is 513. The predicted octanol–water partition coefficient (Wildman–Crippen LogP) is 4.24. The van der Waals surface area contributed by atoms with E-state index in [1.807, 2.05) is 10.8 Å². The first-order valence-electron chi connectivity index (χ1n) is 5.26. The third-order valence-corrected chi connectivity index (χ3v) is 5.03. The van der Waals surface area contributed by atoms with Crippen LogP contribution >= 0.6 is 34.3 Å². The topological polar surface area (TPSA) is 33.1 Å². The molecule has 2 nitrogen and oxygen atoms in total. The molecule has 2 aromatic rings. The minimum Gasteiger partial charge on any atom is -0.381 e. The maximum atomic E-state index is 10.2. The second-order valence-electron chi connectivity index (χ2n) is 4.86. The van der Waals surface area contributed by atoms with E-state index >= 15 is 0 Å². The molecule has 17 heavy (non-hydrogen) atoms. The van der Waals surface area contributed by atoms with E-state index in [9.17, 15) is 5.11 Å². The van der Waals surface area contributed by atoms with E-state index in [0.29, 0.717) is 10.7 Å². The van der Waals surface area contributed by atoms with Crippen molar-refractivity contribution < 1.29 is 5.11 Å². The Morgan fingerprint density at radius 1 is 1.35 bits per heavy atom. The highest BCUT2D eigenvalue weighted by Gasteiger charge is 2.22. The molecular weight excluding hydrogens is 274 g/mol. The van der Waals surface area contributed by atoms with Crippen molar-refractivity contribution >= 4 is 34.3 Å². The third-order valence-electron chi connectivity index (χ3n) is 2.34. The number of hydrogen-bond donors (Lipinski definition) is 1. The van der Waals surface area contributed by atoms with Gasteiger partial charge in [0.1, 0.15) is 6.10 Å². The van der Waals surface area contributed by atoms with Crippen LogP contribution in [0.3, 0.4) is 0 Å². The number of halogens is 1. The maximum absolute atomic E-state index is 10.2. The van der Waals surface area contributed by atoms with Gasteiger partial charge in [-0.2, -0.15) is 0 Å². The van der Waals surface area contributed by atoms with Gasteiger partial charge in [0.15, 0.2) is 0 Å². The number of hydrogen-bond acceptors (Lipinski definition) is 4. The molecule has 92 valence electrons. The number of nitrogens with zero attached hydrogens (tertiary/aromatic N) is 1. The van der Waals surface area contributed by atoms with Gasteiger partial charge in [0.2, 0.25) is 0 Å². The van der Waals surface area contributed by atoms with Crippen molar-refractivity contribution in [1.82, 2.24) is 4.98 Å². The van der Waals surface area contributed by atoms with Crippen LogP contribution in [0.4, 0.5) is 0 Å². The lowest BCUT2D eigenvalue weighted by Gasteiger charge is -2.14. The Morgan fingerprint density at radius 3 is 2.53 bits per heavy atom. The van der Waals surface area contributed by atoms with E-state index in [2.05, 4.69) is 25.8 Å². The van der Waals surface area contributed by atoms with Gasteiger partial charge in [-0.15, -0.1) is 22.7 Å². The summed E-state index contributed by atoms with van der Waals surface area (Å²) in [6.07, 6.45) is -0.713. The zero-order chi connectivity index (χ0) is 12.6. The molecule has 0 bridgehead atoms. The first-order chi connectivity index (χ1) is 7.89. The van der Waals surface area contributed by atoms with Crippen LogP contribution in [0.1, 0.15) is 42.5 Å². The fourth-order valence-corrected chi connectivity index (χ4v) is 3.47. The van der Waals surface area contributed by atoms with Gasteiger partial charge in [0.05, 0.1) is 20.6 Å². The lowest BCUT2D eigenvalue weighted by Crippen LogP contribution is -2.11. The molecule has 0 radical (unpaired) electrons. The normalized spacial score (nSPS) is 13.9. The fourth-order valence-electron chi connectivity index (χ4n) is 1.39. The van der Waals surface area contributed by atoms with E-state index in [-0.39, 0.29) is 5.41 Å². The smallest absolute Gasteiger partial charge is 0.132 e. The summed E-state index contributed by atoms with van der Waals surface area (Å²) in [4.78, 5) is 5.26. The van der Waals surface area contributed by atoms with E-state index in [1.165, 1.54) is 11.3 Å². The monoisotopic (exact) mass is 287 g/mol. The average Bonchev–Trinajstić information content (AvgIpc) is 2.83. The number of thiazole rings is 1. The highest BCUT2D eigenvalue weighted by atomic mass is 35.5. The molecule has 2 heterocycles. The van der Waals surface area contributed by atoms with E-state index in [1.54, 1.807) is 17.4 Å². The molecule has 0 aliphatic heterocycles. The Balaban J connectivity index is 2.30. The first kappa shape index (κ1) is 13.0. The standard InChI is InChI=1S/C12H14ClNOS2/c1-12(2,3)11-14-8(6-17-11)9(15)10-7(13)4-5-16-10/h4-6,9,15H,1-3H3. The molecule has 2 aromatic heterocycles. The lowest BCUT2D eigenvalue weighted by atomic mass is 9.98. The van der Waals surface area contributed by atoms with Crippen LogP contribution in [-0.2, 0) is 5.41 Å². The Hall–Kier alpha value is -0.420. The van der Waals surface area contributed by atoms with E-state index in [4.69, 9.17) is 11.6 Å². The number of thiophene rings is 1. The molecule has 1 atom stereocenters. The van der Waals surface area contributed by atoms with Crippen molar-refractivity contribution in [3.05, 3.63) is 37.4 Å². The van der Waals surface area contributed by atoms with E-state index < -0.39 is 6.10 Å². The van der Waals surface area contributed by atoms with Gasteiger partial charge in [-0.25, -0.2) is 4.98 Å². The van der Waals surface area contributed by atoms with Gasteiger partial charge >= 0.3 is 0 Å². The number of rotatable bonds is 2. The van der Waals surface area contributed by atoms with Crippen molar-refractivity contribution in [2.75, 3.05) is 0 Å². The SMILES string of the molecule is CC(C)(C)c1nc(C(O)c2sccc2Cl)cs1. The molecule has 0 fully saturated rings. The highest BCUT2D eigenvalue weighted by Crippen LogP contribution is 2.35. The van der Waals surface area contributed by atoms with Crippen molar-refractivity contribution in [1.29, 1.82) is 0 Å². The molecule has 0 aromatic carbocycles. The molecule has 1 unspecified atom stereocenters. The Kier molecular flexibility index (Phi) is 3.59. The van der Waals surface area contributed by atoms with Crippen molar-refractivity contribution in [2.45, 2.75) is 32.3 Å². The number of aliphatic hydroxyl groups is 1. The second-order valence-corrected chi connectivity index (χ2v) is 7.08. The van der Waals surface area contributed by atoms with Crippen LogP contribution in [0.2, 0.25) is 5.02 Å². The largest absolute Gasteiger partial charge is 0.381 e. The van der Waals surface area contributed by atoms with Crippen molar-refractivity contribution in [3.8, 4) is 0 Å². The van der Waals surface area contributed by atoms with Crippen LogP contribution < -0.4 is 0 Å². The molecule has 0 saturated heterocycles. The van der Waals surface area contributed by atoms with Gasteiger partial charge < -0.3 is 5.11 Å². The summed E-state index contributed by atoms with van der Waals surface area (Å²) >= 11 is 9.04. The van der Waals surface area contributed by atoms with Crippen LogP contribution in [0.5, 0.6) is 0 Å². The molecule has 1 N–H and O–H groups in total. The number of aliphatic hydroxyl groups excluding tert-OH is 1. The summed E-state index contributed by atoms with van der Waals surface area (Å²) in [5, 5.41) is 15.6. The second kappa shape index (κ2) is 4.69. The molecule has 2 rings (SSSR count). The summed E-state index contributed by atoms with van der Waals surface area (Å²) < 4.78 is 0. The van der Waals surface area contributed by atoms with E-state index in [0.717, 1.165) is 9.88 Å². The van der Waals surface area contributed by atoms with Crippen molar-refractivity contribution in [2.24, 2.45) is 0 Å². The van der Waals surface area contributed by atoms with Crippen LogP contribution in [0.25, 0.3) is 0 Å². The van der Waals surface area contributed by atoms with Gasteiger partial charge in [-0.3, -0.25) is 0 Å². The number of aromatic nitrogens is 1. The average molecular weight is 288 g/mol. The zero-order valence-corrected chi connectivity index (χ0v) is 12.3. The predicted molar refractivity (Wildman–Crippen MR) is 74.2 cm³/mol. The molecule has 0 aliphatic carbocycles. The minimum atomic E-state index is -0.713. The van der Waals surface area contributed by atoms with Crippen LogP contribution in [0, 0.1) is 0 Å². The van der Waals surface area contributed by atoms with Gasteiger partial charge in [0.25, 0.3) is 0 Å². The summed E-state index contributed by atoms with van der Waals surface area (Å²) in [7, 11) is 0. The first-order valence-corrected chi connectivity index (χ1v) is 7.40. The summed E-state index contributed by atoms with van der Waals surface area (Å²) in [5.74, 6) is 0. The summed E-state index contributed by atoms with van der Waals surface area (Å²) in [6.45, 7) is 6.33. The molecule has 0 aliphatic rings. The lowest BCUT2D eigenvalue weighted by molar-refractivity contribution is 0.219. The van der Waals surface area contributed by atoms with Gasteiger partial charge in [-0.1, -0.05) is 32.4 Å². The molecule has 0 spiro atoms. The molecule has 0 saturated carbocycles. The molecule has 5 heteroatoms. The Morgan fingerprint density at radius 2 is 2.06 bits per heavy atom. The zero-order valence-electron chi connectivity index (χ0n) is 9.90. The van der Waals surface area contributed by atoms with Gasteiger partial charge in [-0.05, 0) is 11.4 Å². The third kappa shape index (κ3) is 2.71. The Labute approximate surface area is 114 Å². The minimum absolute atomic E-state index is 0.0158. The molecular formula is C12H14ClNOS2. The quantitative estimate of drug-likeness (QED) is 0.896. The molecule has 0 amide bonds. The highest BCUT2D eigenvalue weighted by molar-refractivity contribution is 7.11. The van der Waals surface area contributed by atoms with Crippen LogP contribution in [-0.4, -0.2) is 10.1 Å². The van der Waals surface area contributed by atoms with Crippen molar-refractivity contribution in [3.63, 3.8) is 0 Å². The van der Waals surface area contributed by atoms with Crippen LogP contribution in [0.15, 0.2) is 16.8 Å². The summed E-state index contributed by atoms with van der Waals surface area (Å²) in [6, 6.07) is 1.79. The summed E-state index contributed by atoms with van der Waals surface area (Å²) in [5.41, 5.74) is 0.700. The fraction of sp³-hybridized carbons (Fsp3) is 0.417. The van der Waals surface area contributed by atoms with Gasteiger partial charge in [0, 0.05) is 10.8 Å².